The van der Waals surface area contributed by atoms with Crippen molar-refractivity contribution in [3.63, 3.8) is 0 Å². The average Bonchev–Trinajstić information content (AvgIpc) is 3.03. The molecule has 3 rings (SSSR count). The minimum atomic E-state index is 0.609. The van der Waals surface area contributed by atoms with Crippen molar-refractivity contribution in [3.8, 4) is 23.0 Å². The standard InChI is InChI=1S/C24H33N3O4/c1-4-28-20-9-7-18(15-22(20)29-5-2)11-12-26-24(25-3)27-17-19-8-10-21-23(16-19)31-14-6-13-30-21/h7-10,15-16H,4-6,11-14,17H2,1-3H3,(H2,25,26,27). The van der Waals surface area contributed by atoms with Gasteiger partial charge in [0.2, 0.25) is 0 Å². The highest BCUT2D eigenvalue weighted by Gasteiger charge is 2.11. The molecular weight excluding hydrogens is 394 g/mol. The quantitative estimate of drug-likeness (QED) is 0.471. The number of nitrogens with zero attached hydrogens (tertiary/aromatic N) is 1. The molecule has 0 aromatic heterocycles. The molecule has 0 atom stereocenters. The van der Waals surface area contributed by atoms with E-state index < -0.39 is 0 Å². The average molecular weight is 428 g/mol. The predicted molar refractivity (Wildman–Crippen MR) is 123 cm³/mol. The first-order valence-corrected chi connectivity index (χ1v) is 10.9. The molecule has 0 saturated carbocycles. The lowest BCUT2D eigenvalue weighted by Gasteiger charge is -2.15. The molecule has 0 saturated heterocycles. The van der Waals surface area contributed by atoms with Crippen LogP contribution < -0.4 is 29.6 Å². The van der Waals surface area contributed by atoms with Crippen molar-refractivity contribution in [3.05, 3.63) is 47.5 Å². The fourth-order valence-corrected chi connectivity index (χ4v) is 3.30. The fraction of sp³-hybridized carbons (Fsp3) is 0.458. The second-order valence-corrected chi connectivity index (χ2v) is 7.08. The van der Waals surface area contributed by atoms with E-state index in [-0.39, 0.29) is 0 Å². The minimum absolute atomic E-state index is 0.609. The van der Waals surface area contributed by atoms with Crippen molar-refractivity contribution in [1.82, 2.24) is 10.6 Å². The van der Waals surface area contributed by atoms with Crippen molar-refractivity contribution in [1.29, 1.82) is 0 Å². The molecule has 1 aliphatic heterocycles. The monoisotopic (exact) mass is 427 g/mol. The first-order chi connectivity index (χ1) is 15.2. The van der Waals surface area contributed by atoms with E-state index in [2.05, 4.69) is 21.7 Å². The van der Waals surface area contributed by atoms with E-state index in [9.17, 15) is 0 Å². The second kappa shape index (κ2) is 11.9. The van der Waals surface area contributed by atoms with Gasteiger partial charge in [0.05, 0.1) is 26.4 Å². The Hall–Kier alpha value is -3.09. The van der Waals surface area contributed by atoms with Gasteiger partial charge in [-0.2, -0.15) is 0 Å². The summed E-state index contributed by atoms with van der Waals surface area (Å²) in [4.78, 5) is 4.32. The number of benzene rings is 2. The van der Waals surface area contributed by atoms with Crippen LogP contribution in [0.1, 0.15) is 31.4 Å². The lowest BCUT2D eigenvalue weighted by molar-refractivity contribution is 0.287. The molecule has 7 heteroatoms. The van der Waals surface area contributed by atoms with Crippen molar-refractivity contribution in [2.45, 2.75) is 33.2 Å². The number of fused-ring (bicyclic) bond motifs is 1. The van der Waals surface area contributed by atoms with E-state index >= 15 is 0 Å². The lowest BCUT2D eigenvalue weighted by Crippen LogP contribution is -2.37. The molecule has 31 heavy (non-hydrogen) atoms. The topological polar surface area (TPSA) is 73.3 Å². The number of aliphatic imine (C=N–C) groups is 1. The van der Waals surface area contributed by atoms with E-state index in [1.165, 1.54) is 5.56 Å². The van der Waals surface area contributed by atoms with Crippen LogP contribution in [-0.2, 0) is 13.0 Å². The molecule has 0 bridgehead atoms. The second-order valence-electron chi connectivity index (χ2n) is 7.08. The van der Waals surface area contributed by atoms with Crippen LogP contribution in [0.25, 0.3) is 0 Å². The third-order valence-corrected chi connectivity index (χ3v) is 4.81. The summed E-state index contributed by atoms with van der Waals surface area (Å²) in [6.07, 6.45) is 1.75. The normalized spacial score (nSPS) is 13.3. The van der Waals surface area contributed by atoms with Crippen LogP contribution in [-0.4, -0.2) is 46.0 Å². The van der Waals surface area contributed by atoms with E-state index in [0.717, 1.165) is 53.9 Å². The molecule has 0 fully saturated rings. The van der Waals surface area contributed by atoms with Gasteiger partial charge in [-0.25, -0.2) is 0 Å². The third-order valence-electron chi connectivity index (χ3n) is 4.81. The van der Waals surface area contributed by atoms with Crippen molar-refractivity contribution in [2.24, 2.45) is 4.99 Å². The Morgan fingerprint density at radius 1 is 0.903 bits per heavy atom. The summed E-state index contributed by atoms with van der Waals surface area (Å²) in [5, 5.41) is 6.71. The van der Waals surface area contributed by atoms with E-state index in [1.54, 1.807) is 7.05 Å². The van der Waals surface area contributed by atoms with Gasteiger partial charge in [-0.15, -0.1) is 0 Å². The Morgan fingerprint density at radius 2 is 1.65 bits per heavy atom. The number of hydrogen-bond acceptors (Lipinski definition) is 5. The smallest absolute Gasteiger partial charge is 0.191 e. The molecule has 2 aromatic carbocycles. The van der Waals surface area contributed by atoms with Gasteiger partial charge in [0.15, 0.2) is 29.0 Å². The zero-order chi connectivity index (χ0) is 21.9. The molecule has 7 nitrogen and oxygen atoms in total. The molecule has 168 valence electrons. The molecule has 0 spiro atoms. The lowest BCUT2D eigenvalue weighted by atomic mass is 10.1. The Labute approximate surface area is 184 Å². The van der Waals surface area contributed by atoms with Gasteiger partial charge in [0.25, 0.3) is 0 Å². The summed E-state index contributed by atoms with van der Waals surface area (Å²) in [7, 11) is 1.77. The number of rotatable bonds is 9. The molecule has 2 aromatic rings. The SMILES string of the molecule is CCOc1ccc(CCNC(=NC)NCc2ccc3c(c2)OCCCO3)cc1OCC. The number of guanidine groups is 1. The summed E-state index contributed by atoms with van der Waals surface area (Å²) in [5.41, 5.74) is 2.29. The molecule has 0 unspecified atom stereocenters. The molecule has 0 aliphatic carbocycles. The predicted octanol–water partition coefficient (Wildman–Crippen LogP) is 3.55. The summed E-state index contributed by atoms with van der Waals surface area (Å²) in [6, 6.07) is 12.1. The molecule has 2 N–H and O–H groups in total. The number of ether oxygens (including phenoxy) is 4. The summed E-state index contributed by atoms with van der Waals surface area (Å²) < 4.78 is 22.8. The minimum Gasteiger partial charge on any atom is -0.490 e. The van der Waals surface area contributed by atoms with Gasteiger partial charge >= 0.3 is 0 Å². The van der Waals surface area contributed by atoms with E-state index in [0.29, 0.717) is 33.0 Å². The highest BCUT2D eigenvalue weighted by atomic mass is 16.5. The van der Waals surface area contributed by atoms with Crippen molar-refractivity contribution < 1.29 is 18.9 Å². The van der Waals surface area contributed by atoms with Gasteiger partial charge in [-0.05, 0) is 55.7 Å². The van der Waals surface area contributed by atoms with Crippen molar-refractivity contribution >= 4 is 5.96 Å². The van der Waals surface area contributed by atoms with Crippen LogP contribution in [0, 0.1) is 0 Å². The van der Waals surface area contributed by atoms with Crippen LogP contribution in [0.4, 0.5) is 0 Å². The Bertz CT molecular complexity index is 870. The van der Waals surface area contributed by atoms with Gasteiger partial charge in [0, 0.05) is 26.6 Å². The molecule has 1 heterocycles. The van der Waals surface area contributed by atoms with Gasteiger partial charge in [-0.1, -0.05) is 12.1 Å². The number of hydrogen-bond donors (Lipinski definition) is 2. The largest absolute Gasteiger partial charge is 0.490 e. The molecule has 1 aliphatic rings. The fourth-order valence-electron chi connectivity index (χ4n) is 3.30. The Balaban J connectivity index is 1.50. The van der Waals surface area contributed by atoms with Crippen LogP contribution >= 0.6 is 0 Å². The zero-order valence-corrected chi connectivity index (χ0v) is 18.7. The number of nitrogens with one attached hydrogen (secondary N) is 2. The van der Waals surface area contributed by atoms with Crippen LogP contribution in [0.15, 0.2) is 41.4 Å². The highest BCUT2D eigenvalue weighted by Crippen LogP contribution is 2.30. The first kappa shape index (κ1) is 22.6. The van der Waals surface area contributed by atoms with Crippen LogP contribution in [0.3, 0.4) is 0 Å². The summed E-state index contributed by atoms with van der Waals surface area (Å²) in [5.74, 6) is 3.95. The van der Waals surface area contributed by atoms with Gasteiger partial charge < -0.3 is 29.6 Å². The molecular formula is C24H33N3O4. The van der Waals surface area contributed by atoms with Crippen molar-refractivity contribution in [2.75, 3.05) is 40.0 Å². The first-order valence-electron chi connectivity index (χ1n) is 10.9. The van der Waals surface area contributed by atoms with Gasteiger partial charge in [0.1, 0.15) is 0 Å². The summed E-state index contributed by atoms with van der Waals surface area (Å²) >= 11 is 0. The van der Waals surface area contributed by atoms with Crippen LogP contribution in [0.2, 0.25) is 0 Å². The summed E-state index contributed by atoms with van der Waals surface area (Å²) in [6.45, 7) is 7.95. The third kappa shape index (κ3) is 6.70. The highest BCUT2D eigenvalue weighted by molar-refractivity contribution is 5.79. The molecule has 0 amide bonds. The maximum Gasteiger partial charge on any atom is 0.191 e. The van der Waals surface area contributed by atoms with Gasteiger partial charge in [-0.3, -0.25) is 4.99 Å². The maximum atomic E-state index is 5.77. The molecule has 0 radical (unpaired) electrons. The zero-order valence-electron chi connectivity index (χ0n) is 18.7. The van der Waals surface area contributed by atoms with Crippen LogP contribution in [0.5, 0.6) is 23.0 Å². The van der Waals surface area contributed by atoms with E-state index in [4.69, 9.17) is 18.9 Å². The maximum absolute atomic E-state index is 5.77. The van der Waals surface area contributed by atoms with E-state index in [1.807, 2.05) is 44.2 Å². The Morgan fingerprint density at radius 3 is 2.42 bits per heavy atom. The Kier molecular flexibility index (Phi) is 8.70.